The van der Waals surface area contributed by atoms with E-state index in [0.29, 0.717) is 22.8 Å². The summed E-state index contributed by atoms with van der Waals surface area (Å²) >= 11 is 0. The largest absolute Gasteiger partial charge is 0.427 e. The number of benzene rings is 3. The number of anilines is 1. The molecule has 0 aliphatic carbocycles. The molecule has 0 saturated heterocycles. The zero-order valence-electron chi connectivity index (χ0n) is 20.2. The number of sulfonamides is 1. The summed E-state index contributed by atoms with van der Waals surface area (Å²) in [6.45, 7) is 2.65. The number of carbonyl (C=O) groups is 1. The lowest BCUT2D eigenvalue weighted by Crippen LogP contribution is -2.26. The van der Waals surface area contributed by atoms with E-state index in [2.05, 4.69) is 5.32 Å². The fraction of sp³-hybridized carbons (Fsp3) is 0.321. The monoisotopic (exact) mass is 492 g/mol. The third-order valence-electron chi connectivity index (χ3n) is 6.34. The van der Waals surface area contributed by atoms with Crippen LogP contribution in [0.15, 0.2) is 77.7 Å². The maximum Gasteiger partial charge on any atom is 0.311 e. The predicted molar refractivity (Wildman–Crippen MR) is 138 cm³/mol. The SMILES string of the molecule is Cc1ccc2c(c1)S(=O)(=O)N(C)c1ccccc1C2NCCCCCCC(=O)Oc1ccccc1. The normalized spacial score (nSPS) is 16.2. The number of esters is 1. The lowest BCUT2D eigenvalue weighted by atomic mass is 9.96. The number of hydrogen-bond acceptors (Lipinski definition) is 5. The van der Waals surface area contributed by atoms with Gasteiger partial charge in [0, 0.05) is 13.5 Å². The molecule has 3 aromatic carbocycles. The summed E-state index contributed by atoms with van der Waals surface area (Å²) in [7, 11) is -2.03. The number of unbranched alkanes of at least 4 members (excludes halogenated alkanes) is 3. The molecule has 4 rings (SSSR count). The molecule has 0 saturated carbocycles. The molecule has 184 valence electrons. The zero-order valence-corrected chi connectivity index (χ0v) is 21.1. The molecule has 0 fully saturated rings. The Morgan fingerprint density at radius 3 is 2.43 bits per heavy atom. The summed E-state index contributed by atoms with van der Waals surface area (Å²) in [4.78, 5) is 12.3. The topological polar surface area (TPSA) is 75.7 Å². The van der Waals surface area contributed by atoms with Gasteiger partial charge < -0.3 is 10.1 Å². The smallest absolute Gasteiger partial charge is 0.311 e. The van der Waals surface area contributed by atoms with E-state index < -0.39 is 10.0 Å². The van der Waals surface area contributed by atoms with Gasteiger partial charge in [0.2, 0.25) is 0 Å². The lowest BCUT2D eigenvalue weighted by Gasteiger charge is -2.22. The molecule has 0 bridgehead atoms. The van der Waals surface area contributed by atoms with Crippen LogP contribution in [0.25, 0.3) is 0 Å². The Morgan fingerprint density at radius 2 is 1.63 bits per heavy atom. The molecule has 3 aromatic rings. The molecule has 1 atom stereocenters. The number of carbonyl (C=O) groups excluding carboxylic acids is 1. The number of ether oxygens (including phenoxy) is 1. The summed E-state index contributed by atoms with van der Waals surface area (Å²) in [6.07, 6.45) is 4.01. The van der Waals surface area contributed by atoms with Crippen molar-refractivity contribution in [3.8, 4) is 5.75 Å². The summed E-state index contributed by atoms with van der Waals surface area (Å²) in [5, 5.41) is 3.60. The Labute approximate surface area is 208 Å². The van der Waals surface area contributed by atoms with Crippen LogP contribution in [0.3, 0.4) is 0 Å². The predicted octanol–water partition coefficient (Wildman–Crippen LogP) is 5.37. The van der Waals surface area contributed by atoms with Crippen LogP contribution in [-0.4, -0.2) is 28.0 Å². The van der Waals surface area contributed by atoms with Crippen molar-refractivity contribution in [2.24, 2.45) is 0 Å². The Balaban J connectivity index is 1.35. The second kappa shape index (κ2) is 11.1. The van der Waals surface area contributed by atoms with Crippen LogP contribution in [0, 0.1) is 6.92 Å². The van der Waals surface area contributed by atoms with Crippen molar-refractivity contribution in [2.45, 2.75) is 50.0 Å². The minimum Gasteiger partial charge on any atom is -0.427 e. The average Bonchev–Trinajstić information content (AvgIpc) is 2.92. The molecule has 0 amide bonds. The third kappa shape index (κ3) is 5.74. The maximum atomic E-state index is 13.4. The van der Waals surface area contributed by atoms with Gasteiger partial charge >= 0.3 is 5.97 Å². The van der Waals surface area contributed by atoms with Gasteiger partial charge in [0.25, 0.3) is 10.0 Å². The molecular weight excluding hydrogens is 460 g/mol. The highest BCUT2D eigenvalue weighted by atomic mass is 32.2. The number of aryl methyl sites for hydroxylation is 1. The van der Waals surface area contributed by atoms with Gasteiger partial charge in [0.1, 0.15) is 5.75 Å². The van der Waals surface area contributed by atoms with E-state index in [1.807, 2.05) is 61.5 Å². The van der Waals surface area contributed by atoms with Gasteiger partial charge in [-0.2, -0.15) is 0 Å². The number of hydrogen-bond donors (Lipinski definition) is 1. The van der Waals surface area contributed by atoms with Crippen LogP contribution in [0.1, 0.15) is 54.8 Å². The second-order valence-corrected chi connectivity index (χ2v) is 10.8. The summed E-state index contributed by atoms with van der Waals surface area (Å²) < 4.78 is 33.4. The van der Waals surface area contributed by atoms with Crippen LogP contribution in [0.2, 0.25) is 0 Å². The molecule has 0 radical (unpaired) electrons. The highest BCUT2D eigenvalue weighted by Crippen LogP contribution is 2.40. The van der Waals surface area contributed by atoms with E-state index in [1.165, 1.54) is 4.31 Å². The van der Waals surface area contributed by atoms with E-state index >= 15 is 0 Å². The number of fused-ring (bicyclic) bond motifs is 2. The van der Waals surface area contributed by atoms with E-state index in [9.17, 15) is 13.2 Å². The Morgan fingerprint density at radius 1 is 0.914 bits per heavy atom. The quantitative estimate of drug-likeness (QED) is 0.247. The third-order valence-corrected chi connectivity index (χ3v) is 8.16. The molecule has 1 unspecified atom stereocenters. The highest BCUT2D eigenvalue weighted by Gasteiger charge is 2.34. The summed E-state index contributed by atoms with van der Waals surface area (Å²) in [6, 6.07) is 22.2. The first-order valence-electron chi connectivity index (χ1n) is 12.1. The van der Waals surface area contributed by atoms with Gasteiger partial charge in [0.05, 0.1) is 16.6 Å². The van der Waals surface area contributed by atoms with Crippen LogP contribution in [-0.2, 0) is 14.8 Å². The van der Waals surface area contributed by atoms with Crippen LogP contribution in [0.5, 0.6) is 5.75 Å². The van der Waals surface area contributed by atoms with Crippen molar-refractivity contribution in [3.05, 3.63) is 89.5 Å². The average molecular weight is 493 g/mol. The Hall–Kier alpha value is -3.16. The molecule has 1 aliphatic rings. The first kappa shape index (κ1) is 24.9. The van der Waals surface area contributed by atoms with Gasteiger partial charge in [-0.05, 0) is 67.3 Å². The molecule has 35 heavy (non-hydrogen) atoms. The van der Waals surface area contributed by atoms with Gasteiger partial charge in [0.15, 0.2) is 0 Å². The minimum atomic E-state index is -3.65. The molecule has 1 aliphatic heterocycles. The standard InChI is InChI=1S/C28H32N2O4S/c1-21-17-18-24-26(20-21)35(32,33)30(2)25-15-10-9-14-23(25)28(24)29-19-11-4-3-8-16-27(31)34-22-12-6-5-7-13-22/h5-7,9-10,12-15,17-18,20,28-29H,3-4,8,11,16,19H2,1-2H3. The minimum absolute atomic E-state index is 0.207. The van der Waals surface area contributed by atoms with Crippen molar-refractivity contribution >= 4 is 21.7 Å². The van der Waals surface area contributed by atoms with E-state index in [4.69, 9.17) is 4.74 Å². The first-order chi connectivity index (χ1) is 16.9. The van der Waals surface area contributed by atoms with Crippen molar-refractivity contribution in [1.82, 2.24) is 5.32 Å². The Kier molecular flexibility index (Phi) is 7.88. The molecule has 7 heteroatoms. The number of nitrogens with one attached hydrogen (secondary N) is 1. The van der Waals surface area contributed by atoms with Gasteiger partial charge in [-0.3, -0.25) is 9.10 Å². The van der Waals surface area contributed by atoms with Gasteiger partial charge in [-0.1, -0.05) is 61.4 Å². The van der Waals surface area contributed by atoms with E-state index in [-0.39, 0.29) is 12.0 Å². The van der Waals surface area contributed by atoms with Crippen LogP contribution in [0.4, 0.5) is 5.69 Å². The highest BCUT2D eigenvalue weighted by molar-refractivity contribution is 7.92. The van der Waals surface area contributed by atoms with E-state index in [1.54, 1.807) is 25.2 Å². The van der Waals surface area contributed by atoms with Crippen LogP contribution >= 0.6 is 0 Å². The lowest BCUT2D eigenvalue weighted by molar-refractivity contribution is -0.134. The van der Waals surface area contributed by atoms with Crippen molar-refractivity contribution < 1.29 is 17.9 Å². The van der Waals surface area contributed by atoms with Crippen molar-refractivity contribution in [1.29, 1.82) is 0 Å². The fourth-order valence-electron chi connectivity index (χ4n) is 4.45. The second-order valence-electron chi connectivity index (χ2n) is 8.91. The van der Waals surface area contributed by atoms with Crippen molar-refractivity contribution in [3.63, 3.8) is 0 Å². The molecular formula is C28H32N2O4S. The molecule has 0 spiro atoms. The Bertz CT molecular complexity index is 1280. The van der Waals surface area contributed by atoms with Crippen LogP contribution < -0.4 is 14.4 Å². The number of para-hydroxylation sites is 2. The molecule has 6 nitrogen and oxygen atoms in total. The zero-order chi connectivity index (χ0) is 24.8. The van der Waals surface area contributed by atoms with Gasteiger partial charge in [-0.25, -0.2) is 8.42 Å². The molecule has 0 aromatic heterocycles. The maximum absolute atomic E-state index is 13.4. The number of rotatable bonds is 9. The molecule has 1 heterocycles. The van der Waals surface area contributed by atoms with E-state index in [0.717, 1.165) is 48.9 Å². The number of nitrogens with zero attached hydrogens (tertiary/aromatic N) is 1. The fourth-order valence-corrected chi connectivity index (χ4v) is 5.99. The first-order valence-corrected chi connectivity index (χ1v) is 13.5. The molecule has 1 N–H and O–H groups in total. The summed E-state index contributed by atoms with van der Waals surface area (Å²) in [5.41, 5.74) is 3.33. The summed E-state index contributed by atoms with van der Waals surface area (Å²) in [5.74, 6) is 0.370. The van der Waals surface area contributed by atoms with Crippen molar-refractivity contribution in [2.75, 3.05) is 17.9 Å². The van der Waals surface area contributed by atoms with Gasteiger partial charge in [-0.15, -0.1) is 0 Å².